The molecule has 156 valence electrons. The molecule has 0 spiro atoms. The summed E-state index contributed by atoms with van der Waals surface area (Å²) < 4.78 is 0. The van der Waals surface area contributed by atoms with Gasteiger partial charge in [-0.25, -0.2) is 0 Å². The third-order valence-electron chi connectivity index (χ3n) is 7.29. The molecule has 0 N–H and O–H groups in total. The van der Waals surface area contributed by atoms with Gasteiger partial charge in [-0.15, -0.1) is 0 Å². The zero-order chi connectivity index (χ0) is 19.3. The van der Waals surface area contributed by atoms with Crippen molar-refractivity contribution in [3.8, 4) is 0 Å². The minimum absolute atomic E-state index is 0.469. The summed E-state index contributed by atoms with van der Waals surface area (Å²) in [6.07, 6.45) is 18.1. The molecule has 4 aliphatic heterocycles. The lowest BCUT2D eigenvalue weighted by atomic mass is 9.75. The molecule has 6 heteroatoms. The summed E-state index contributed by atoms with van der Waals surface area (Å²) in [5.74, 6) is 0.991. The van der Waals surface area contributed by atoms with Crippen LogP contribution in [-0.4, -0.2) is 67.7 Å². The van der Waals surface area contributed by atoms with Gasteiger partial charge in [0.25, 0.3) is 0 Å². The molecule has 0 aliphatic carbocycles. The Bertz CT molecular complexity index is 605. The summed E-state index contributed by atoms with van der Waals surface area (Å²) in [5.41, 5.74) is 1.61. The summed E-state index contributed by atoms with van der Waals surface area (Å²) in [5, 5.41) is 8.29. The van der Waals surface area contributed by atoms with E-state index in [-0.39, 0.29) is 0 Å². The first-order valence-corrected chi connectivity index (χ1v) is 11.2. The van der Waals surface area contributed by atoms with Gasteiger partial charge in [-0.05, 0) is 63.5 Å². The van der Waals surface area contributed by atoms with Gasteiger partial charge in [0.1, 0.15) is 14.2 Å². The molecule has 0 saturated carbocycles. The van der Waals surface area contributed by atoms with Crippen LogP contribution in [0, 0.1) is 11.8 Å². The summed E-state index contributed by atoms with van der Waals surface area (Å²) in [6, 6.07) is 1.77. The molecule has 0 aromatic rings. The number of piperidine rings is 3. The second kappa shape index (κ2) is 9.29. The number of oxime groups is 2. The number of rotatable bonds is 5. The lowest BCUT2D eigenvalue weighted by Gasteiger charge is -2.51. The first-order valence-electron chi connectivity index (χ1n) is 11.2. The van der Waals surface area contributed by atoms with E-state index in [9.17, 15) is 0 Å². The van der Waals surface area contributed by atoms with E-state index >= 15 is 0 Å². The lowest BCUT2D eigenvalue weighted by molar-refractivity contribution is 0.0414. The van der Waals surface area contributed by atoms with E-state index < -0.39 is 0 Å². The number of fused-ring (bicyclic) bond motifs is 2. The zero-order valence-electron chi connectivity index (χ0n) is 17.5. The Morgan fingerprint density at radius 2 is 1.57 bits per heavy atom. The average molecular weight is 389 g/mol. The Hall–Kier alpha value is -1.56. The Balaban J connectivity index is 1.55. The summed E-state index contributed by atoms with van der Waals surface area (Å²) in [7, 11) is 3.29. The van der Waals surface area contributed by atoms with E-state index in [1.165, 1.54) is 64.5 Å². The Labute approximate surface area is 169 Å². The highest BCUT2D eigenvalue weighted by atomic mass is 16.6. The second-order valence-corrected chi connectivity index (χ2v) is 8.81. The van der Waals surface area contributed by atoms with E-state index in [1.54, 1.807) is 19.8 Å². The second-order valence-electron chi connectivity index (χ2n) is 8.81. The maximum Gasteiger partial charge on any atom is 0.106 e. The molecule has 0 bridgehead atoms. The van der Waals surface area contributed by atoms with Crippen molar-refractivity contribution >= 4 is 12.4 Å². The topological polar surface area (TPSA) is 49.7 Å². The van der Waals surface area contributed by atoms with Gasteiger partial charge in [-0.2, -0.15) is 0 Å². The molecule has 28 heavy (non-hydrogen) atoms. The predicted molar refractivity (Wildman–Crippen MR) is 112 cm³/mol. The standard InChI is InChI=1S/C22H36N4O2/c1-27-23-14-17-9-10-22(26-12-6-4-8-21(17)26)19-13-18(15-24-28-2)20-7-3-5-11-25(20)16-19/h14-18,20-22H,3-13H2,1-2H3/b23-14+,24-15+/t17-,18-,20+,21+,22?/m0/s1. The lowest BCUT2D eigenvalue weighted by Crippen LogP contribution is -2.55. The summed E-state index contributed by atoms with van der Waals surface area (Å²) in [6.45, 7) is 2.40. The number of hydrogen-bond acceptors (Lipinski definition) is 6. The molecule has 4 rings (SSSR count). The van der Waals surface area contributed by atoms with Crippen molar-refractivity contribution in [3.63, 3.8) is 0 Å². The molecular formula is C22H36N4O2. The van der Waals surface area contributed by atoms with E-state index in [1.807, 2.05) is 0 Å². The number of hydrogen-bond donors (Lipinski definition) is 0. The van der Waals surface area contributed by atoms with E-state index in [0.29, 0.717) is 30.0 Å². The Morgan fingerprint density at radius 1 is 0.857 bits per heavy atom. The largest absolute Gasteiger partial charge is 0.399 e. The van der Waals surface area contributed by atoms with Crippen molar-refractivity contribution in [3.05, 3.63) is 11.8 Å². The van der Waals surface area contributed by atoms with Crippen LogP contribution in [0.25, 0.3) is 0 Å². The fraction of sp³-hybridized carbons (Fsp3) is 0.818. The molecule has 0 amide bonds. The van der Waals surface area contributed by atoms with Gasteiger partial charge in [0.05, 0.1) is 0 Å². The van der Waals surface area contributed by atoms with Crippen LogP contribution >= 0.6 is 0 Å². The molecule has 0 aromatic carbocycles. The summed E-state index contributed by atoms with van der Waals surface area (Å²) in [4.78, 5) is 15.4. The maximum absolute atomic E-state index is 5.04. The highest BCUT2D eigenvalue weighted by Crippen LogP contribution is 2.41. The van der Waals surface area contributed by atoms with Crippen molar-refractivity contribution in [2.75, 3.05) is 27.3 Å². The van der Waals surface area contributed by atoms with Gasteiger partial charge in [0.2, 0.25) is 0 Å². The Kier molecular flexibility index (Phi) is 6.55. The minimum atomic E-state index is 0.469. The van der Waals surface area contributed by atoms with Gasteiger partial charge in [-0.1, -0.05) is 16.7 Å². The number of nitrogens with zero attached hydrogens (tertiary/aromatic N) is 4. The molecular weight excluding hydrogens is 352 g/mol. The van der Waals surface area contributed by atoms with E-state index in [2.05, 4.69) is 38.7 Å². The van der Waals surface area contributed by atoms with Crippen LogP contribution in [0.1, 0.15) is 57.8 Å². The third kappa shape index (κ3) is 4.07. The van der Waals surface area contributed by atoms with Crippen molar-refractivity contribution in [2.24, 2.45) is 22.1 Å². The molecule has 1 unspecified atom stereocenters. The average Bonchev–Trinajstić information content (AvgIpc) is 2.75. The smallest absolute Gasteiger partial charge is 0.106 e. The van der Waals surface area contributed by atoms with Crippen LogP contribution in [0.5, 0.6) is 0 Å². The highest BCUT2D eigenvalue weighted by molar-refractivity contribution is 5.63. The van der Waals surface area contributed by atoms with Gasteiger partial charge in [-0.3, -0.25) is 4.90 Å². The van der Waals surface area contributed by atoms with Crippen molar-refractivity contribution in [1.82, 2.24) is 9.80 Å². The fourth-order valence-electron chi connectivity index (χ4n) is 6.03. The Morgan fingerprint density at radius 3 is 2.36 bits per heavy atom. The van der Waals surface area contributed by atoms with Crippen LogP contribution in [0.15, 0.2) is 22.1 Å². The van der Waals surface area contributed by atoms with Crippen molar-refractivity contribution in [1.29, 1.82) is 0 Å². The van der Waals surface area contributed by atoms with Crippen LogP contribution < -0.4 is 0 Å². The zero-order valence-corrected chi connectivity index (χ0v) is 17.5. The monoisotopic (exact) mass is 388 g/mol. The highest BCUT2D eigenvalue weighted by Gasteiger charge is 2.42. The summed E-state index contributed by atoms with van der Waals surface area (Å²) >= 11 is 0. The van der Waals surface area contributed by atoms with Crippen molar-refractivity contribution < 1.29 is 9.68 Å². The molecule has 5 atom stereocenters. The van der Waals surface area contributed by atoms with Crippen LogP contribution in [0.4, 0.5) is 0 Å². The van der Waals surface area contributed by atoms with E-state index in [0.717, 1.165) is 6.42 Å². The molecule has 6 nitrogen and oxygen atoms in total. The van der Waals surface area contributed by atoms with Gasteiger partial charge >= 0.3 is 0 Å². The normalized spacial score (nSPS) is 36.9. The van der Waals surface area contributed by atoms with Crippen molar-refractivity contribution in [2.45, 2.75) is 75.9 Å². The van der Waals surface area contributed by atoms with Crippen LogP contribution in [0.2, 0.25) is 0 Å². The van der Waals surface area contributed by atoms with Crippen LogP contribution in [-0.2, 0) is 9.68 Å². The van der Waals surface area contributed by atoms with Gasteiger partial charge in [0, 0.05) is 55.1 Å². The molecule has 0 aromatic heterocycles. The first kappa shape index (κ1) is 19.7. The maximum atomic E-state index is 5.04. The molecule has 3 fully saturated rings. The van der Waals surface area contributed by atoms with E-state index in [4.69, 9.17) is 9.68 Å². The van der Waals surface area contributed by atoms with Gasteiger partial charge in [0.15, 0.2) is 0 Å². The fourth-order valence-corrected chi connectivity index (χ4v) is 6.03. The molecule has 3 saturated heterocycles. The predicted octanol–water partition coefficient (Wildman–Crippen LogP) is 3.64. The third-order valence-corrected chi connectivity index (χ3v) is 7.29. The minimum Gasteiger partial charge on any atom is -0.399 e. The SMILES string of the molecule is CO/N=C/[C@@H]1CC(C2CC[C@@H](/C=N/OC)[C@H]3CCCCN23)=CN2CCCC[C@H]12. The first-order chi connectivity index (χ1) is 13.8. The molecule has 4 heterocycles. The quantitative estimate of drug-likeness (QED) is 0.533. The van der Waals surface area contributed by atoms with Gasteiger partial charge < -0.3 is 14.6 Å². The van der Waals surface area contributed by atoms with Crippen LogP contribution in [0.3, 0.4) is 0 Å². The molecule has 4 aliphatic rings. The molecule has 0 radical (unpaired) electrons.